The Morgan fingerprint density at radius 2 is 1.77 bits per heavy atom. The standard InChI is InChI=1S/C35H51FN4O7/c1-9-27-35(7)29(40(32(44)47-35)16-11-10-15-39-20-26(38-21-39)25-13-12-14-37-19-25)24(4)28(41)22(2)17-33(5,45-8)18-23(3)30(42)34(6,36)31(43)46-27/h12-14,19-24,27,29,31,43H,9-11,15-18H2,1-8H3/t22-,23-,24+,27-,29-,31?,33-,34+,35-/m1/s1. The topological polar surface area (TPSA) is 133 Å². The normalized spacial score (nSPS) is 35.8. The van der Waals surface area contributed by atoms with Crippen molar-refractivity contribution in [3.8, 4) is 11.3 Å². The molecule has 11 nitrogen and oxygen atoms in total. The molecule has 9 atom stereocenters. The number of aromatic nitrogens is 3. The molecule has 1 amide bonds. The fourth-order valence-electron chi connectivity index (χ4n) is 7.57. The third-order valence-corrected chi connectivity index (χ3v) is 10.2. The van der Waals surface area contributed by atoms with Gasteiger partial charge in [0, 0.05) is 62.1 Å². The van der Waals surface area contributed by atoms with Crippen molar-refractivity contribution in [3.63, 3.8) is 0 Å². The largest absolute Gasteiger partial charge is 0.438 e. The van der Waals surface area contributed by atoms with E-state index >= 15 is 4.39 Å². The molecule has 47 heavy (non-hydrogen) atoms. The van der Waals surface area contributed by atoms with Crippen molar-refractivity contribution < 1.29 is 38.1 Å². The number of halogens is 1. The molecule has 1 unspecified atom stereocenters. The summed E-state index contributed by atoms with van der Waals surface area (Å²) in [7, 11) is 1.51. The molecule has 260 valence electrons. The van der Waals surface area contributed by atoms with Crippen LogP contribution in [-0.2, 0) is 30.3 Å². The molecule has 2 aliphatic rings. The number of aliphatic hydroxyl groups is 1. The van der Waals surface area contributed by atoms with Crippen molar-refractivity contribution in [2.75, 3.05) is 13.7 Å². The number of hydrogen-bond donors (Lipinski definition) is 1. The van der Waals surface area contributed by atoms with Crippen LogP contribution in [0.5, 0.6) is 0 Å². The summed E-state index contributed by atoms with van der Waals surface area (Å²) in [5, 5.41) is 11.0. The van der Waals surface area contributed by atoms with Crippen LogP contribution >= 0.6 is 0 Å². The van der Waals surface area contributed by atoms with Crippen molar-refractivity contribution in [2.45, 2.75) is 122 Å². The van der Waals surface area contributed by atoms with Crippen LogP contribution in [-0.4, -0.2) is 91.2 Å². The van der Waals surface area contributed by atoms with Gasteiger partial charge in [-0.3, -0.25) is 14.6 Å². The van der Waals surface area contributed by atoms with Crippen LogP contribution in [0.1, 0.15) is 80.6 Å². The van der Waals surface area contributed by atoms with Gasteiger partial charge in [0.2, 0.25) is 5.67 Å². The van der Waals surface area contributed by atoms with Crippen LogP contribution in [0.4, 0.5) is 9.18 Å². The first-order chi connectivity index (χ1) is 22.1. The summed E-state index contributed by atoms with van der Waals surface area (Å²) in [4.78, 5) is 51.2. The summed E-state index contributed by atoms with van der Waals surface area (Å²) in [5.74, 6) is -2.93. The van der Waals surface area contributed by atoms with Crippen molar-refractivity contribution in [1.29, 1.82) is 0 Å². The fourth-order valence-corrected chi connectivity index (χ4v) is 7.57. The van der Waals surface area contributed by atoms with Gasteiger partial charge in [-0.15, -0.1) is 0 Å². The van der Waals surface area contributed by atoms with Crippen LogP contribution in [0.2, 0.25) is 0 Å². The molecule has 2 aromatic heterocycles. The lowest BCUT2D eigenvalue weighted by Crippen LogP contribution is -2.59. The van der Waals surface area contributed by atoms with E-state index in [-0.39, 0.29) is 25.0 Å². The van der Waals surface area contributed by atoms with Crippen molar-refractivity contribution in [2.24, 2.45) is 17.8 Å². The molecule has 4 heterocycles. The molecule has 1 N–H and O–H groups in total. The molecular formula is C35H51FN4O7. The molecule has 12 heteroatoms. The summed E-state index contributed by atoms with van der Waals surface area (Å²) in [6.45, 7) is 12.4. The zero-order valence-corrected chi connectivity index (χ0v) is 28.9. The summed E-state index contributed by atoms with van der Waals surface area (Å²) in [6.07, 6.45) is 5.41. The number of amides is 1. The zero-order chi connectivity index (χ0) is 34.7. The van der Waals surface area contributed by atoms with E-state index in [9.17, 15) is 19.5 Å². The fraction of sp³-hybridized carbons (Fsp3) is 0.686. The van der Waals surface area contributed by atoms with Crippen LogP contribution in [0.3, 0.4) is 0 Å². The predicted octanol–water partition coefficient (Wildman–Crippen LogP) is 5.39. The number of carbonyl (C=O) groups is 3. The van der Waals surface area contributed by atoms with Crippen molar-refractivity contribution >= 4 is 17.7 Å². The summed E-state index contributed by atoms with van der Waals surface area (Å²) >= 11 is 0. The van der Waals surface area contributed by atoms with E-state index in [2.05, 4.69) is 9.97 Å². The van der Waals surface area contributed by atoms with Crippen molar-refractivity contribution in [1.82, 2.24) is 19.4 Å². The first-order valence-electron chi connectivity index (χ1n) is 16.6. The number of unbranched alkanes of at least 4 members (excludes halogenated alkanes) is 1. The minimum absolute atomic E-state index is 0.0871. The Balaban J connectivity index is 1.60. The molecule has 0 bridgehead atoms. The maximum atomic E-state index is 16.1. The highest BCUT2D eigenvalue weighted by Gasteiger charge is 2.60. The van der Waals surface area contributed by atoms with Crippen molar-refractivity contribution in [3.05, 3.63) is 37.1 Å². The SMILES string of the molecule is CC[C@H]1OC(O)[C@@](C)(F)C(=O)[C@H](C)C[C@](C)(OC)C[C@@H](C)C(=O)[C@H](C)[C@H]2N(CCCCn3cnc(-c4cccnc4)c3)C(=O)O[C@]12C. The van der Waals surface area contributed by atoms with Crippen LogP contribution in [0, 0.1) is 17.8 Å². The molecule has 0 aliphatic carbocycles. The number of ketones is 2. The lowest BCUT2D eigenvalue weighted by molar-refractivity contribution is -0.235. The quantitative estimate of drug-likeness (QED) is 0.371. The number of imidazole rings is 1. The Hall–Kier alpha value is -3.22. The number of carbonyl (C=O) groups excluding carboxylic acids is 3. The molecule has 2 saturated heterocycles. The number of pyridine rings is 1. The molecule has 2 fully saturated rings. The van der Waals surface area contributed by atoms with Gasteiger partial charge in [0.1, 0.15) is 11.9 Å². The van der Waals surface area contributed by atoms with E-state index in [4.69, 9.17) is 14.2 Å². The number of Topliss-reactive ketones (excluding diaryl/α,β-unsaturated/α-hetero) is 2. The Labute approximate surface area is 277 Å². The third-order valence-electron chi connectivity index (χ3n) is 10.2. The average molecular weight is 659 g/mol. The summed E-state index contributed by atoms with van der Waals surface area (Å²) < 4.78 is 35.8. The van der Waals surface area contributed by atoms with Gasteiger partial charge in [0.05, 0.1) is 23.7 Å². The van der Waals surface area contributed by atoms with E-state index in [0.29, 0.717) is 25.9 Å². The van der Waals surface area contributed by atoms with Gasteiger partial charge < -0.3 is 28.8 Å². The zero-order valence-electron chi connectivity index (χ0n) is 28.9. The highest BCUT2D eigenvalue weighted by Crippen LogP contribution is 2.43. The van der Waals surface area contributed by atoms with Crippen LogP contribution in [0.25, 0.3) is 11.3 Å². The van der Waals surface area contributed by atoms with Gasteiger partial charge in [-0.2, -0.15) is 0 Å². The molecule has 0 saturated carbocycles. The lowest BCUT2D eigenvalue weighted by atomic mass is 9.74. The highest BCUT2D eigenvalue weighted by molar-refractivity contribution is 5.89. The molecule has 0 aromatic carbocycles. The Morgan fingerprint density at radius 3 is 2.40 bits per heavy atom. The number of rotatable bonds is 8. The number of alkyl halides is 1. The molecule has 2 aromatic rings. The number of fused-ring (bicyclic) bond motifs is 1. The maximum Gasteiger partial charge on any atom is 0.410 e. The number of aryl methyl sites for hydroxylation is 1. The van der Waals surface area contributed by atoms with Gasteiger partial charge in [0.15, 0.2) is 17.7 Å². The summed E-state index contributed by atoms with van der Waals surface area (Å²) in [6, 6.07) is 3.03. The summed E-state index contributed by atoms with van der Waals surface area (Å²) in [5.41, 5.74) is -3.35. The minimum atomic E-state index is -2.74. The molecule has 0 radical (unpaired) electrons. The molecule has 2 aliphatic heterocycles. The van der Waals surface area contributed by atoms with E-state index in [1.807, 2.05) is 29.8 Å². The Kier molecular flexibility index (Phi) is 11.3. The first kappa shape index (κ1) is 36.6. The van der Waals surface area contributed by atoms with Crippen LogP contribution in [0.15, 0.2) is 37.1 Å². The Bertz CT molecular complexity index is 1400. The third kappa shape index (κ3) is 7.60. The first-order valence-corrected chi connectivity index (χ1v) is 16.6. The van der Waals surface area contributed by atoms with E-state index in [0.717, 1.165) is 18.2 Å². The number of methoxy groups -OCH3 is 1. The van der Waals surface area contributed by atoms with E-state index in [1.54, 1.807) is 58.2 Å². The highest BCUT2D eigenvalue weighted by atomic mass is 19.1. The second kappa shape index (κ2) is 14.5. The monoisotopic (exact) mass is 658 g/mol. The predicted molar refractivity (Wildman–Crippen MR) is 173 cm³/mol. The van der Waals surface area contributed by atoms with Gasteiger partial charge >= 0.3 is 6.09 Å². The maximum absolute atomic E-state index is 16.1. The second-order valence-electron chi connectivity index (χ2n) is 14.0. The minimum Gasteiger partial charge on any atom is -0.438 e. The van der Waals surface area contributed by atoms with Gasteiger partial charge in [-0.1, -0.05) is 27.7 Å². The molecule has 0 spiro atoms. The van der Waals surface area contributed by atoms with E-state index < -0.39 is 64.9 Å². The van der Waals surface area contributed by atoms with E-state index in [1.165, 1.54) is 7.11 Å². The van der Waals surface area contributed by atoms with Crippen LogP contribution < -0.4 is 0 Å². The number of aliphatic hydroxyl groups excluding tert-OH is 1. The van der Waals surface area contributed by atoms with Gasteiger partial charge in [0.25, 0.3) is 0 Å². The lowest BCUT2D eigenvalue weighted by Gasteiger charge is -2.43. The number of ether oxygens (including phenoxy) is 3. The second-order valence-corrected chi connectivity index (χ2v) is 14.0. The average Bonchev–Trinajstić information content (AvgIpc) is 3.62. The number of nitrogens with zero attached hydrogens (tertiary/aromatic N) is 4. The molecular weight excluding hydrogens is 607 g/mol. The van der Waals surface area contributed by atoms with Gasteiger partial charge in [-0.05, 0) is 65.0 Å². The number of hydrogen-bond acceptors (Lipinski definition) is 9. The van der Waals surface area contributed by atoms with Gasteiger partial charge in [-0.25, -0.2) is 14.2 Å². The molecule has 4 rings (SSSR count). The smallest absolute Gasteiger partial charge is 0.410 e. The Morgan fingerprint density at radius 1 is 1.09 bits per heavy atom.